The molecule has 37 heavy (non-hydrogen) atoms. The van der Waals surface area contributed by atoms with Crippen LogP contribution in [-0.2, 0) is 13.1 Å². The van der Waals surface area contributed by atoms with Gasteiger partial charge in [0.05, 0.1) is 6.54 Å². The van der Waals surface area contributed by atoms with E-state index in [9.17, 15) is 10.2 Å². The van der Waals surface area contributed by atoms with E-state index in [-0.39, 0.29) is 0 Å². The predicted octanol–water partition coefficient (Wildman–Crippen LogP) is 4.24. The molecule has 0 amide bonds. The molecular weight excluding hydrogens is 464 g/mol. The van der Waals surface area contributed by atoms with E-state index in [2.05, 4.69) is 51.1 Å². The summed E-state index contributed by atoms with van der Waals surface area (Å²) in [5.41, 5.74) is 4.90. The van der Waals surface area contributed by atoms with E-state index in [0.29, 0.717) is 30.7 Å². The number of benzene rings is 2. The Morgan fingerprint density at radius 1 is 1.00 bits per heavy atom. The number of rotatable bonds is 7. The third-order valence-corrected chi connectivity index (χ3v) is 6.86. The molecule has 4 aromatic rings. The zero-order valence-electron chi connectivity index (χ0n) is 21.0. The fourth-order valence-corrected chi connectivity index (χ4v) is 4.66. The van der Waals surface area contributed by atoms with Crippen molar-refractivity contribution in [1.82, 2.24) is 19.6 Å². The average Bonchev–Trinajstić information content (AvgIpc) is 3.59. The van der Waals surface area contributed by atoms with Gasteiger partial charge in [-0.1, -0.05) is 29.1 Å². The first-order valence-corrected chi connectivity index (χ1v) is 12.8. The van der Waals surface area contributed by atoms with Crippen molar-refractivity contribution < 1.29 is 14.7 Å². The van der Waals surface area contributed by atoms with E-state index < -0.39 is 6.10 Å². The average molecular weight is 497 g/mol. The smallest absolute Gasteiger partial charge is 0.167 e. The largest absolute Gasteiger partial charge is 0.396 e. The van der Waals surface area contributed by atoms with Gasteiger partial charge in [-0.3, -0.25) is 4.90 Å². The highest BCUT2D eigenvalue weighted by atomic mass is 16.5. The molecule has 1 atom stereocenters. The van der Waals surface area contributed by atoms with Gasteiger partial charge in [-0.05, 0) is 80.7 Å². The number of likely N-dealkylation sites (tertiary alicyclic amines) is 1. The third kappa shape index (κ3) is 6.36. The van der Waals surface area contributed by atoms with Gasteiger partial charge in [0.1, 0.15) is 17.6 Å². The molecule has 5 rings (SSSR count). The van der Waals surface area contributed by atoms with Crippen molar-refractivity contribution in [3.8, 4) is 23.2 Å². The molecule has 0 radical (unpaired) electrons. The van der Waals surface area contributed by atoms with Gasteiger partial charge in [0.15, 0.2) is 5.76 Å². The number of aliphatic hydroxyl groups is 2. The second-order valence-electron chi connectivity index (χ2n) is 9.70. The Kier molecular flexibility index (Phi) is 7.81. The summed E-state index contributed by atoms with van der Waals surface area (Å²) >= 11 is 0. The molecule has 1 fully saturated rings. The monoisotopic (exact) mass is 496 g/mol. The molecule has 0 spiro atoms. The van der Waals surface area contributed by atoms with Crippen molar-refractivity contribution in [2.24, 2.45) is 5.92 Å². The van der Waals surface area contributed by atoms with Gasteiger partial charge in [-0.25, -0.2) is 4.98 Å². The number of piperidine rings is 1. The lowest BCUT2D eigenvalue weighted by molar-refractivity contribution is 0.127. The second kappa shape index (κ2) is 11.6. The van der Waals surface area contributed by atoms with Crippen LogP contribution >= 0.6 is 0 Å². The van der Waals surface area contributed by atoms with Crippen molar-refractivity contribution in [1.29, 1.82) is 0 Å². The number of aromatic nitrogens is 3. The minimum Gasteiger partial charge on any atom is -0.396 e. The zero-order chi connectivity index (χ0) is 25.6. The first-order valence-electron chi connectivity index (χ1n) is 12.8. The SMILES string of the molecule is CC(O)c1nccn1Cc1cc(-c2ccc(C#Cc3ccc(CN4CCC(CO)CC4)cc3)cc2)on1. The Labute approximate surface area is 217 Å². The maximum Gasteiger partial charge on any atom is 0.167 e. The lowest BCUT2D eigenvalue weighted by Crippen LogP contribution is -2.34. The number of imidazole rings is 1. The molecule has 0 aliphatic carbocycles. The van der Waals surface area contributed by atoms with Crippen LogP contribution in [0, 0.1) is 17.8 Å². The number of aliphatic hydroxyl groups excluding tert-OH is 2. The van der Waals surface area contributed by atoms with Crippen LogP contribution in [-0.4, -0.2) is 49.5 Å². The summed E-state index contributed by atoms with van der Waals surface area (Å²) in [4.78, 5) is 6.65. The van der Waals surface area contributed by atoms with Gasteiger partial charge in [0, 0.05) is 48.3 Å². The second-order valence-corrected chi connectivity index (χ2v) is 9.70. The molecule has 3 heterocycles. The Bertz CT molecular complexity index is 1350. The van der Waals surface area contributed by atoms with Gasteiger partial charge in [-0.2, -0.15) is 0 Å². The van der Waals surface area contributed by atoms with Crippen molar-refractivity contribution >= 4 is 0 Å². The number of nitrogens with zero attached hydrogens (tertiary/aromatic N) is 4. The molecule has 2 aromatic carbocycles. The quantitative estimate of drug-likeness (QED) is 0.372. The van der Waals surface area contributed by atoms with Crippen LogP contribution in [0.5, 0.6) is 0 Å². The summed E-state index contributed by atoms with van der Waals surface area (Å²) in [7, 11) is 0. The van der Waals surface area contributed by atoms with Crippen molar-refractivity contribution in [3.05, 3.63) is 95.2 Å². The van der Waals surface area contributed by atoms with Crippen molar-refractivity contribution in [2.75, 3.05) is 19.7 Å². The fraction of sp³-hybridized carbons (Fsp3) is 0.333. The molecule has 7 heteroatoms. The maximum atomic E-state index is 9.84. The molecule has 2 aromatic heterocycles. The summed E-state index contributed by atoms with van der Waals surface area (Å²) in [6.45, 7) is 5.52. The lowest BCUT2D eigenvalue weighted by atomic mass is 9.97. The molecular formula is C30H32N4O3. The summed E-state index contributed by atoms with van der Waals surface area (Å²) < 4.78 is 7.41. The van der Waals surface area contributed by atoms with Crippen LogP contribution in [0.3, 0.4) is 0 Å². The Morgan fingerprint density at radius 2 is 1.68 bits per heavy atom. The van der Waals surface area contributed by atoms with Gasteiger partial charge >= 0.3 is 0 Å². The van der Waals surface area contributed by atoms with Crippen molar-refractivity contribution in [2.45, 2.75) is 39.0 Å². The van der Waals surface area contributed by atoms with Crippen LogP contribution in [0.4, 0.5) is 0 Å². The minimum absolute atomic E-state index is 0.310. The van der Waals surface area contributed by atoms with Crippen LogP contribution in [0.2, 0.25) is 0 Å². The molecule has 0 bridgehead atoms. The Morgan fingerprint density at radius 3 is 2.32 bits per heavy atom. The Hall–Kier alpha value is -3.70. The molecule has 2 N–H and O–H groups in total. The minimum atomic E-state index is -0.645. The van der Waals surface area contributed by atoms with Crippen molar-refractivity contribution in [3.63, 3.8) is 0 Å². The highest BCUT2D eigenvalue weighted by Gasteiger charge is 2.18. The molecule has 1 aliphatic rings. The normalized spacial score (nSPS) is 15.3. The zero-order valence-corrected chi connectivity index (χ0v) is 21.0. The Balaban J connectivity index is 1.17. The highest BCUT2D eigenvalue weighted by Crippen LogP contribution is 2.22. The van der Waals surface area contributed by atoms with Gasteiger partial charge < -0.3 is 19.3 Å². The van der Waals surface area contributed by atoms with E-state index in [1.165, 1.54) is 5.56 Å². The van der Waals surface area contributed by atoms with Crippen LogP contribution in [0.25, 0.3) is 11.3 Å². The first-order chi connectivity index (χ1) is 18.1. The molecule has 7 nitrogen and oxygen atoms in total. The summed E-state index contributed by atoms with van der Waals surface area (Å²) in [6.07, 6.45) is 4.99. The van der Waals surface area contributed by atoms with Gasteiger partial charge in [0.2, 0.25) is 0 Å². The number of hydrogen-bond acceptors (Lipinski definition) is 6. The van der Waals surface area contributed by atoms with E-state index in [1.54, 1.807) is 13.1 Å². The molecule has 0 saturated carbocycles. The molecule has 1 unspecified atom stereocenters. The third-order valence-electron chi connectivity index (χ3n) is 6.86. The molecule has 190 valence electrons. The standard InChI is InChI=1S/C30H32N4O3/c1-22(36)30-31-14-17-34(30)20-28-18-29(37-32-28)27-10-8-24(9-11-27)3-2-23-4-6-25(7-5-23)19-33-15-12-26(21-35)13-16-33/h4-11,14,17-18,22,26,35-36H,12-13,15-16,19-21H2,1H3. The topological polar surface area (TPSA) is 87.6 Å². The summed E-state index contributed by atoms with van der Waals surface area (Å²) in [5, 5.41) is 23.3. The van der Waals surface area contributed by atoms with E-state index >= 15 is 0 Å². The number of hydrogen-bond donors (Lipinski definition) is 2. The first kappa shape index (κ1) is 25.0. The molecule has 1 aliphatic heterocycles. The fourth-order valence-electron chi connectivity index (χ4n) is 4.66. The van der Waals surface area contributed by atoms with Crippen LogP contribution in [0.15, 0.2) is 71.5 Å². The summed E-state index contributed by atoms with van der Waals surface area (Å²) in [5.74, 6) is 8.24. The lowest BCUT2D eigenvalue weighted by Gasteiger charge is -2.31. The maximum absolute atomic E-state index is 9.84. The van der Waals surface area contributed by atoms with Crippen LogP contribution < -0.4 is 0 Å². The van der Waals surface area contributed by atoms with E-state index in [1.807, 2.05) is 41.1 Å². The predicted molar refractivity (Wildman–Crippen MR) is 141 cm³/mol. The highest BCUT2D eigenvalue weighted by molar-refractivity contribution is 5.59. The van der Waals surface area contributed by atoms with E-state index in [4.69, 9.17) is 4.52 Å². The molecule has 1 saturated heterocycles. The summed E-state index contributed by atoms with van der Waals surface area (Å²) in [6, 6.07) is 18.3. The van der Waals surface area contributed by atoms with Gasteiger partial charge in [-0.15, -0.1) is 0 Å². The van der Waals surface area contributed by atoms with Gasteiger partial charge in [0.25, 0.3) is 0 Å². The van der Waals surface area contributed by atoms with Crippen LogP contribution in [0.1, 0.15) is 54.1 Å². The van der Waals surface area contributed by atoms with E-state index in [0.717, 1.165) is 54.9 Å².